The van der Waals surface area contributed by atoms with Crippen molar-refractivity contribution in [2.45, 2.75) is 11.7 Å². The fourth-order valence-corrected chi connectivity index (χ4v) is 2.16. The Kier molecular flexibility index (Phi) is 3.02. The van der Waals surface area contributed by atoms with E-state index in [-0.39, 0.29) is 17.0 Å². The molecule has 1 atom stereocenters. The third kappa shape index (κ3) is 2.18. The van der Waals surface area contributed by atoms with E-state index in [0.717, 1.165) is 0 Å². The third-order valence-corrected chi connectivity index (χ3v) is 3.31. The van der Waals surface area contributed by atoms with Gasteiger partial charge in [0.25, 0.3) is 0 Å². The first kappa shape index (κ1) is 11.0. The van der Waals surface area contributed by atoms with Crippen molar-refractivity contribution < 1.29 is 9.18 Å². The maximum absolute atomic E-state index is 13.3. The highest BCUT2D eigenvalue weighted by molar-refractivity contribution is 9.10. The number of hydrogen-bond acceptors (Lipinski definition) is 2. The van der Waals surface area contributed by atoms with Crippen LogP contribution < -0.4 is 4.90 Å². The second kappa shape index (κ2) is 4.14. The summed E-state index contributed by atoms with van der Waals surface area (Å²) in [5.74, 6) is -0.361. The first-order valence-corrected chi connectivity index (χ1v) is 5.82. The van der Waals surface area contributed by atoms with Crippen LogP contribution >= 0.6 is 28.6 Å². The van der Waals surface area contributed by atoms with Gasteiger partial charge in [-0.2, -0.15) is 12.6 Å². The molecule has 0 N–H and O–H groups in total. The summed E-state index contributed by atoms with van der Waals surface area (Å²) in [6, 6.07) is 4.68. The Hall–Kier alpha value is -0.550. The molecular formula is C10H9BrFNOS. The Balaban J connectivity index is 2.30. The average molecular weight is 290 g/mol. The largest absolute Gasteiger partial charge is 0.311 e. The smallest absolute Gasteiger partial charge is 0.228 e. The topological polar surface area (TPSA) is 20.3 Å². The number of thiol groups is 1. The van der Waals surface area contributed by atoms with E-state index in [1.54, 1.807) is 17.0 Å². The number of halogens is 2. The van der Waals surface area contributed by atoms with E-state index < -0.39 is 0 Å². The molecule has 1 aromatic carbocycles. The van der Waals surface area contributed by atoms with Gasteiger partial charge in [0.05, 0.1) is 4.47 Å². The molecule has 0 spiro atoms. The lowest BCUT2D eigenvalue weighted by Gasteiger charge is -2.16. The van der Waals surface area contributed by atoms with Gasteiger partial charge >= 0.3 is 0 Å². The summed E-state index contributed by atoms with van der Waals surface area (Å²) in [6.07, 6.45) is 0.417. The SMILES string of the molecule is O=C1CC(S)CN1c1ccc(Br)c(F)c1. The van der Waals surface area contributed by atoms with E-state index in [1.165, 1.54) is 6.07 Å². The van der Waals surface area contributed by atoms with Gasteiger partial charge in [0.15, 0.2) is 0 Å². The number of rotatable bonds is 1. The van der Waals surface area contributed by atoms with Crippen LogP contribution in [-0.2, 0) is 4.79 Å². The molecule has 1 fully saturated rings. The van der Waals surface area contributed by atoms with Crippen molar-refractivity contribution in [3.63, 3.8) is 0 Å². The first-order chi connectivity index (χ1) is 7.08. The van der Waals surface area contributed by atoms with Crippen molar-refractivity contribution in [2.24, 2.45) is 0 Å². The van der Waals surface area contributed by atoms with Crippen LogP contribution in [-0.4, -0.2) is 17.7 Å². The quantitative estimate of drug-likeness (QED) is 0.788. The van der Waals surface area contributed by atoms with E-state index in [4.69, 9.17) is 0 Å². The maximum Gasteiger partial charge on any atom is 0.228 e. The fraction of sp³-hybridized carbons (Fsp3) is 0.300. The highest BCUT2D eigenvalue weighted by Gasteiger charge is 2.28. The lowest BCUT2D eigenvalue weighted by molar-refractivity contribution is -0.117. The summed E-state index contributed by atoms with van der Waals surface area (Å²) in [4.78, 5) is 13.1. The molecule has 0 radical (unpaired) electrons. The minimum Gasteiger partial charge on any atom is -0.311 e. The van der Waals surface area contributed by atoms with Crippen LogP contribution in [0.3, 0.4) is 0 Å². The van der Waals surface area contributed by atoms with Crippen molar-refractivity contribution in [1.29, 1.82) is 0 Å². The van der Waals surface area contributed by atoms with Crippen LogP contribution in [0.4, 0.5) is 10.1 Å². The van der Waals surface area contributed by atoms with Crippen LogP contribution in [0.15, 0.2) is 22.7 Å². The molecule has 5 heteroatoms. The van der Waals surface area contributed by atoms with Gasteiger partial charge in [-0.3, -0.25) is 4.79 Å². The minimum absolute atomic E-state index is 0.00303. The first-order valence-electron chi connectivity index (χ1n) is 4.51. The van der Waals surface area contributed by atoms with Gasteiger partial charge in [0, 0.05) is 23.9 Å². The van der Waals surface area contributed by atoms with Crippen molar-refractivity contribution in [1.82, 2.24) is 0 Å². The van der Waals surface area contributed by atoms with E-state index in [2.05, 4.69) is 28.6 Å². The highest BCUT2D eigenvalue weighted by atomic mass is 79.9. The lowest BCUT2D eigenvalue weighted by atomic mass is 10.3. The Morgan fingerprint density at radius 2 is 2.27 bits per heavy atom. The van der Waals surface area contributed by atoms with Crippen LogP contribution in [0.5, 0.6) is 0 Å². The molecule has 1 saturated heterocycles. The number of carbonyl (C=O) groups is 1. The summed E-state index contributed by atoms with van der Waals surface area (Å²) in [7, 11) is 0. The second-order valence-electron chi connectivity index (χ2n) is 3.46. The number of carbonyl (C=O) groups excluding carboxylic acids is 1. The van der Waals surface area contributed by atoms with Crippen LogP contribution in [0.1, 0.15) is 6.42 Å². The Labute approximate surface area is 101 Å². The molecule has 2 nitrogen and oxygen atoms in total. The molecule has 80 valence electrons. The van der Waals surface area contributed by atoms with E-state index in [9.17, 15) is 9.18 Å². The van der Waals surface area contributed by atoms with Crippen LogP contribution in [0.2, 0.25) is 0 Å². The molecule has 15 heavy (non-hydrogen) atoms. The molecule has 1 amide bonds. The summed E-state index contributed by atoms with van der Waals surface area (Å²) in [5, 5.41) is 0.0456. The molecule has 1 heterocycles. The van der Waals surface area contributed by atoms with Crippen LogP contribution in [0, 0.1) is 5.82 Å². The Morgan fingerprint density at radius 1 is 1.53 bits per heavy atom. The third-order valence-electron chi connectivity index (χ3n) is 2.32. The molecule has 1 unspecified atom stereocenters. The molecule has 1 aromatic rings. The van der Waals surface area contributed by atoms with Crippen molar-refractivity contribution >= 4 is 40.2 Å². The predicted octanol–water partition coefficient (Wildman–Crippen LogP) is 2.62. The molecular weight excluding hydrogens is 281 g/mol. The number of hydrogen-bond donors (Lipinski definition) is 1. The van der Waals surface area contributed by atoms with Crippen molar-refractivity contribution in [2.75, 3.05) is 11.4 Å². The summed E-state index contributed by atoms with van der Waals surface area (Å²) in [6.45, 7) is 0.545. The Morgan fingerprint density at radius 3 is 2.80 bits per heavy atom. The molecule has 0 aliphatic carbocycles. The number of anilines is 1. The average Bonchev–Trinajstić information content (AvgIpc) is 2.50. The van der Waals surface area contributed by atoms with E-state index >= 15 is 0 Å². The standard InChI is InChI=1S/C10H9BrFNOS/c11-8-2-1-6(3-9(8)12)13-5-7(15)4-10(13)14/h1-3,7,15H,4-5H2. The molecule has 2 rings (SSSR count). The van der Waals surface area contributed by atoms with E-state index in [1.807, 2.05) is 0 Å². The van der Waals surface area contributed by atoms with Gasteiger partial charge in [0.2, 0.25) is 5.91 Å². The summed E-state index contributed by atoms with van der Waals surface area (Å²) >= 11 is 7.31. The normalized spacial score (nSPS) is 21.1. The highest BCUT2D eigenvalue weighted by Crippen LogP contribution is 2.27. The molecule has 1 aliphatic heterocycles. The molecule has 1 aliphatic rings. The minimum atomic E-state index is -0.358. The van der Waals surface area contributed by atoms with E-state index in [0.29, 0.717) is 23.1 Å². The second-order valence-corrected chi connectivity index (χ2v) is 5.05. The van der Waals surface area contributed by atoms with Gasteiger partial charge < -0.3 is 4.90 Å². The maximum atomic E-state index is 13.3. The number of nitrogens with zero attached hydrogens (tertiary/aromatic N) is 1. The van der Waals surface area contributed by atoms with Crippen molar-refractivity contribution in [3.8, 4) is 0 Å². The zero-order valence-corrected chi connectivity index (χ0v) is 10.3. The number of amides is 1. The summed E-state index contributed by atoms with van der Waals surface area (Å²) in [5.41, 5.74) is 0.595. The molecule has 0 aromatic heterocycles. The van der Waals surface area contributed by atoms with Gasteiger partial charge in [-0.1, -0.05) is 0 Å². The van der Waals surface area contributed by atoms with Gasteiger partial charge in [-0.25, -0.2) is 4.39 Å². The number of benzene rings is 1. The Bertz CT molecular complexity index is 412. The zero-order valence-electron chi connectivity index (χ0n) is 7.78. The molecule has 0 bridgehead atoms. The zero-order chi connectivity index (χ0) is 11.0. The van der Waals surface area contributed by atoms with Gasteiger partial charge in [0.1, 0.15) is 5.82 Å². The monoisotopic (exact) mass is 289 g/mol. The van der Waals surface area contributed by atoms with Crippen LogP contribution in [0.25, 0.3) is 0 Å². The fourth-order valence-electron chi connectivity index (χ4n) is 1.59. The summed E-state index contributed by atoms with van der Waals surface area (Å²) < 4.78 is 13.7. The van der Waals surface area contributed by atoms with Gasteiger partial charge in [-0.15, -0.1) is 0 Å². The van der Waals surface area contributed by atoms with Gasteiger partial charge in [-0.05, 0) is 34.1 Å². The lowest BCUT2D eigenvalue weighted by Crippen LogP contribution is -2.24. The molecule has 0 saturated carbocycles. The van der Waals surface area contributed by atoms with Crippen molar-refractivity contribution in [3.05, 3.63) is 28.5 Å². The predicted molar refractivity (Wildman–Crippen MR) is 63.8 cm³/mol.